The fourth-order valence-electron chi connectivity index (χ4n) is 2.53. The Bertz CT molecular complexity index is 655. The van der Waals surface area contributed by atoms with E-state index in [1.54, 1.807) is 6.07 Å². The lowest BCUT2D eigenvalue weighted by molar-refractivity contribution is 0.0636. The molecule has 0 spiro atoms. The van der Waals surface area contributed by atoms with Gasteiger partial charge in [-0.05, 0) is 25.1 Å². The Kier molecular flexibility index (Phi) is 3.18. The molecule has 1 N–H and O–H groups in total. The maximum absolute atomic E-state index is 13.8. The van der Waals surface area contributed by atoms with Gasteiger partial charge in [-0.15, -0.1) is 0 Å². The second kappa shape index (κ2) is 4.87. The summed E-state index contributed by atoms with van der Waals surface area (Å²) in [7, 11) is 0. The van der Waals surface area contributed by atoms with Gasteiger partial charge in [0.05, 0.1) is 6.10 Å². The Morgan fingerprint density at radius 3 is 2.75 bits per heavy atom. The highest BCUT2D eigenvalue weighted by Crippen LogP contribution is 2.41. The van der Waals surface area contributed by atoms with Gasteiger partial charge in [0.25, 0.3) is 0 Å². The van der Waals surface area contributed by atoms with E-state index in [4.69, 9.17) is 4.74 Å². The average molecular weight is 276 g/mol. The molecule has 0 saturated carbocycles. The molecule has 0 saturated heterocycles. The van der Waals surface area contributed by atoms with E-state index in [1.807, 2.05) is 19.1 Å². The molecule has 2 atom stereocenters. The molecule has 3 rings (SSSR count). The van der Waals surface area contributed by atoms with Crippen molar-refractivity contribution in [2.24, 2.45) is 0 Å². The first kappa shape index (κ1) is 13.1. The molecule has 0 radical (unpaired) electrons. The quantitative estimate of drug-likeness (QED) is 0.857. The topological polar surface area (TPSA) is 29.5 Å². The number of ether oxygens (including phenoxy) is 1. The van der Waals surface area contributed by atoms with Gasteiger partial charge in [0.15, 0.2) is 11.6 Å². The predicted octanol–water partition coefficient (Wildman–Crippen LogP) is 3.83. The highest BCUT2D eigenvalue weighted by molar-refractivity contribution is 5.41. The molecule has 1 aliphatic heterocycles. The van der Waals surface area contributed by atoms with Gasteiger partial charge in [-0.25, -0.2) is 8.78 Å². The molecule has 2 aromatic carbocycles. The summed E-state index contributed by atoms with van der Waals surface area (Å²) in [4.78, 5) is 0. The van der Waals surface area contributed by atoms with Crippen LogP contribution in [0.3, 0.4) is 0 Å². The first-order chi connectivity index (χ1) is 9.56. The molecule has 2 aromatic rings. The number of hydrogen-bond donors (Lipinski definition) is 1. The van der Waals surface area contributed by atoms with Gasteiger partial charge in [0.1, 0.15) is 11.9 Å². The molecular weight excluding hydrogens is 262 g/mol. The van der Waals surface area contributed by atoms with E-state index in [-0.39, 0.29) is 12.0 Å². The lowest BCUT2D eigenvalue weighted by Gasteiger charge is -2.30. The highest BCUT2D eigenvalue weighted by Gasteiger charge is 2.30. The number of aliphatic hydroxyl groups excluding tert-OH is 1. The second-order valence-electron chi connectivity index (χ2n) is 5.04. The molecule has 0 fully saturated rings. The number of rotatable bonds is 1. The zero-order valence-electron chi connectivity index (χ0n) is 10.9. The smallest absolute Gasteiger partial charge is 0.165 e. The molecule has 0 amide bonds. The summed E-state index contributed by atoms with van der Waals surface area (Å²) in [6, 6.07) is 9.43. The summed E-state index contributed by atoms with van der Waals surface area (Å²) in [6.45, 7) is 1.92. The van der Waals surface area contributed by atoms with Crippen molar-refractivity contribution in [1.29, 1.82) is 0 Å². The lowest BCUT2D eigenvalue weighted by Crippen LogP contribution is -2.20. The first-order valence-electron chi connectivity index (χ1n) is 6.45. The van der Waals surface area contributed by atoms with Crippen molar-refractivity contribution in [2.45, 2.75) is 25.6 Å². The zero-order chi connectivity index (χ0) is 14.3. The minimum absolute atomic E-state index is 0.135. The summed E-state index contributed by atoms with van der Waals surface area (Å²) in [5.41, 5.74) is 1.84. The minimum Gasteiger partial charge on any atom is -0.485 e. The standard InChI is InChI=1S/C16H14F2O2/c1-9-5-6-14-11(7-9)13(19)8-15(20-14)10-3-2-4-12(17)16(10)18/h2-7,13,15,19H,8H2,1H3/t13-,15?/m0/s1. The number of hydrogen-bond acceptors (Lipinski definition) is 2. The summed E-state index contributed by atoms with van der Waals surface area (Å²) in [5, 5.41) is 10.2. The van der Waals surface area contributed by atoms with Crippen LogP contribution in [0.2, 0.25) is 0 Å². The van der Waals surface area contributed by atoms with Crippen LogP contribution in [-0.4, -0.2) is 5.11 Å². The van der Waals surface area contributed by atoms with E-state index in [2.05, 4.69) is 0 Å². The minimum atomic E-state index is -0.916. The van der Waals surface area contributed by atoms with Gasteiger partial charge in [0, 0.05) is 17.5 Å². The summed E-state index contributed by atoms with van der Waals surface area (Å²) < 4.78 is 32.8. The van der Waals surface area contributed by atoms with Crippen molar-refractivity contribution in [3.05, 3.63) is 64.7 Å². The molecule has 0 aliphatic carbocycles. The summed E-state index contributed by atoms with van der Waals surface area (Å²) in [5.74, 6) is -1.31. The van der Waals surface area contributed by atoms with E-state index < -0.39 is 23.8 Å². The van der Waals surface area contributed by atoms with Crippen molar-refractivity contribution in [1.82, 2.24) is 0 Å². The Morgan fingerprint density at radius 1 is 1.15 bits per heavy atom. The van der Waals surface area contributed by atoms with Crippen molar-refractivity contribution >= 4 is 0 Å². The van der Waals surface area contributed by atoms with Gasteiger partial charge in [-0.3, -0.25) is 0 Å². The number of fused-ring (bicyclic) bond motifs is 1. The first-order valence-corrected chi connectivity index (χ1v) is 6.45. The van der Waals surface area contributed by atoms with Crippen LogP contribution in [-0.2, 0) is 0 Å². The Morgan fingerprint density at radius 2 is 1.95 bits per heavy atom. The van der Waals surface area contributed by atoms with Crippen LogP contribution in [0, 0.1) is 18.6 Å². The van der Waals surface area contributed by atoms with Gasteiger partial charge < -0.3 is 9.84 Å². The highest BCUT2D eigenvalue weighted by atomic mass is 19.2. The largest absolute Gasteiger partial charge is 0.485 e. The zero-order valence-corrected chi connectivity index (χ0v) is 10.9. The Balaban J connectivity index is 1.99. The van der Waals surface area contributed by atoms with Crippen LogP contribution in [0.4, 0.5) is 8.78 Å². The molecule has 4 heteroatoms. The Labute approximate surface area is 115 Å². The molecule has 0 aromatic heterocycles. The van der Waals surface area contributed by atoms with Crippen molar-refractivity contribution in [2.75, 3.05) is 0 Å². The third kappa shape index (κ3) is 2.16. The van der Waals surface area contributed by atoms with E-state index in [1.165, 1.54) is 12.1 Å². The number of aryl methyl sites for hydroxylation is 1. The average Bonchev–Trinajstić information content (AvgIpc) is 2.42. The van der Waals surface area contributed by atoms with Crippen LogP contribution in [0.5, 0.6) is 5.75 Å². The van der Waals surface area contributed by atoms with Crippen LogP contribution in [0.15, 0.2) is 36.4 Å². The van der Waals surface area contributed by atoms with Crippen molar-refractivity contribution in [3.8, 4) is 5.75 Å². The Hall–Kier alpha value is -1.94. The SMILES string of the molecule is Cc1ccc2c(c1)[C@@H](O)CC(c1cccc(F)c1F)O2. The third-order valence-electron chi connectivity index (χ3n) is 3.56. The lowest BCUT2D eigenvalue weighted by atomic mass is 9.94. The van der Waals surface area contributed by atoms with E-state index in [0.29, 0.717) is 11.3 Å². The third-order valence-corrected chi connectivity index (χ3v) is 3.56. The van der Waals surface area contributed by atoms with Crippen molar-refractivity contribution in [3.63, 3.8) is 0 Å². The van der Waals surface area contributed by atoms with Crippen LogP contribution in [0.1, 0.15) is 35.3 Å². The summed E-state index contributed by atoms with van der Waals surface area (Å²) >= 11 is 0. The molecule has 1 aliphatic rings. The van der Waals surface area contributed by atoms with Gasteiger partial charge in [-0.1, -0.05) is 23.8 Å². The van der Waals surface area contributed by atoms with Crippen molar-refractivity contribution < 1.29 is 18.6 Å². The number of aliphatic hydroxyl groups is 1. The monoisotopic (exact) mass is 276 g/mol. The maximum Gasteiger partial charge on any atom is 0.165 e. The summed E-state index contributed by atoms with van der Waals surface area (Å²) in [6.07, 6.45) is -1.22. The molecular formula is C16H14F2O2. The van der Waals surface area contributed by atoms with E-state index in [9.17, 15) is 13.9 Å². The molecule has 2 nitrogen and oxygen atoms in total. The van der Waals surface area contributed by atoms with Gasteiger partial charge >= 0.3 is 0 Å². The van der Waals surface area contributed by atoms with Crippen LogP contribution < -0.4 is 4.74 Å². The molecule has 104 valence electrons. The number of benzene rings is 2. The van der Waals surface area contributed by atoms with Crippen LogP contribution >= 0.6 is 0 Å². The van der Waals surface area contributed by atoms with Gasteiger partial charge in [-0.2, -0.15) is 0 Å². The predicted molar refractivity (Wildman–Crippen MR) is 70.5 cm³/mol. The fraction of sp³-hybridized carbons (Fsp3) is 0.250. The normalized spacial score (nSPS) is 21.2. The van der Waals surface area contributed by atoms with E-state index >= 15 is 0 Å². The molecule has 1 heterocycles. The second-order valence-corrected chi connectivity index (χ2v) is 5.04. The number of halogens is 2. The molecule has 20 heavy (non-hydrogen) atoms. The van der Waals surface area contributed by atoms with Crippen LogP contribution in [0.25, 0.3) is 0 Å². The van der Waals surface area contributed by atoms with Gasteiger partial charge in [0.2, 0.25) is 0 Å². The maximum atomic E-state index is 13.8. The molecule has 0 bridgehead atoms. The van der Waals surface area contributed by atoms with E-state index in [0.717, 1.165) is 11.6 Å². The fourth-order valence-corrected chi connectivity index (χ4v) is 2.53. The molecule has 1 unspecified atom stereocenters.